The predicted molar refractivity (Wildman–Crippen MR) is 125 cm³/mol. The van der Waals surface area contributed by atoms with Crippen LogP contribution in [0, 0.1) is 0 Å². The van der Waals surface area contributed by atoms with Gasteiger partial charge in [-0.3, -0.25) is 4.79 Å². The topological polar surface area (TPSA) is 72.6 Å². The van der Waals surface area contributed by atoms with E-state index in [4.69, 9.17) is 14.3 Å². The van der Waals surface area contributed by atoms with E-state index in [0.717, 1.165) is 35.2 Å². The summed E-state index contributed by atoms with van der Waals surface area (Å²) in [5.74, 6) is 0.137. The van der Waals surface area contributed by atoms with Gasteiger partial charge in [-0.05, 0) is 66.4 Å². The maximum Gasteiger partial charge on any atom is 0.416 e. The summed E-state index contributed by atoms with van der Waals surface area (Å²) in [6.45, 7) is 2.40. The molecule has 5 nitrogen and oxygen atoms in total. The first-order chi connectivity index (χ1) is 16.7. The van der Waals surface area contributed by atoms with Crippen molar-refractivity contribution < 1.29 is 32.2 Å². The number of fused-ring (bicyclic) bond motifs is 1. The summed E-state index contributed by atoms with van der Waals surface area (Å²) in [5.41, 5.74) is 3.87. The summed E-state index contributed by atoms with van der Waals surface area (Å²) in [6.07, 6.45) is -2.52. The second-order valence-corrected chi connectivity index (χ2v) is 8.14. The molecule has 0 fully saturated rings. The van der Waals surface area contributed by atoms with Gasteiger partial charge in [0.1, 0.15) is 11.3 Å². The van der Waals surface area contributed by atoms with Crippen LogP contribution >= 0.6 is 0 Å². The molecule has 0 saturated heterocycles. The van der Waals surface area contributed by atoms with Gasteiger partial charge in [-0.25, -0.2) is 4.98 Å². The molecular formula is C27H24F3NO4. The summed E-state index contributed by atoms with van der Waals surface area (Å²) in [4.78, 5) is 15.3. The molecule has 8 heteroatoms. The van der Waals surface area contributed by atoms with Crippen molar-refractivity contribution in [3.63, 3.8) is 0 Å². The van der Waals surface area contributed by atoms with Gasteiger partial charge in [-0.15, -0.1) is 0 Å². The molecule has 4 rings (SSSR count). The molecule has 1 aromatic heterocycles. The molecule has 0 unspecified atom stereocenters. The van der Waals surface area contributed by atoms with Crippen LogP contribution in [0.25, 0.3) is 22.6 Å². The summed E-state index contributed by atoms with van der Waals surface area (Å²) < 4.78 is 50.4. The number of hydrogen-bond donors (Lipinski definition) is 1. The number of ether oxygens (including phenoxy) is 1. The largest absolute Gasteiger partial charge is 0.493 e. The molecular weight excluding hydrogens is 459 g/mol. The fourth-order valence-corrected chi connectivity index (χ4v) is 3.91. The van der Waals surface area contributed by atoms with Crippen LogP contribution in [0.15, 0.2) is 65.1 Å². The lowest BCUT2D eigenvalue weighted by molar-refractivity contribution is -0.138. The monoisotopic (exact) mass is 483 g/mol. The van der Waals surface area contributed by atoms with Crippen LogP contribution < -0.4 is 4.74 Å². The minimum atomic E-state index is -4.40. The smallest absolute Gasteiger partial charge is 0.416 e. The maximum atomic E-state index is 12.8. The Hall–Kier alpha value is -3.81. The highest BCUT2D eigenvalue weighted by Crippen LogP contribution is 2.32. The van der Waals surface area contributed by atoms with Gasteiger partial charge in [0.05, 0.1) is 12.2 Å². The fourth-order valence-electron chi connectivity index (χ4n) is 3.91. The van der Waals surface area contributed by atoms with Gasteiger partial charge in [0.2, 0.25) is 5.89 Å². The molecule has 0 spiro atoms. The molecule has 35 heavy (non-hydrogen) atoms. The van der Waals surface area contributed by atoms with Crippen LogP contribution in [-0.2, 0) is 30.2 Å². The molecule has 1 heterocycles. The van der Waals surface area contributed by atoms with Crippen molar-refractivity contribution in [2.75, 3.05) is 6.61 Å². The van der Waals surface area contributed by atoms with E-state index in [1.165, 1.54) is 12.1 Å². The summed E-state index contributed by atoms with van der Waals surface area (Å²) in [5, 5.41) is 8.92. The number of halogens is 3. The zero-order chi connectivity index (χ0) is 25.0. The molecule has 0 bridgehead atoms. The summed E-state index contributed by atoms with van der Waals surface area (Å²) in [6, 6.07) is 16.0. The van der Waals surface area contributed by atoms with Gasteiger partial charge < -0.3 is 14.3 Å². The number of nitrogens with zero attached hydrogens (tertiary/aromatic N) is 1. The van der Waals surface area contributed by atoms with E-state index in [-0.39, 0.29) is 12.3 Å². The number of hydrogen-bond acceptors (Lipinski definition) is 4. The molecule has 0 aliphatic carbocycles. The molecule has 0 atom stereocenters. The van der Waals surface area contributed by atoms with Crippen molar-refractivity contribution in [2.45, 2.75) is 38.8 Å². The van der Waals surface area contributed by atoms with Gasteiger partial charge in [-0.2, -0.15) is 13.2 Å². The first kappa shape index (κ1) is 24.3. The molecule has 182 valence electrons. The Morgan fingerprint density at radius 1 is 1.00 bits per heavy atom. The van der Waals surface area contributed by atoms with Crippen molar-refractivity contribution in [1.29, 1.82) is 0 Å². The Balaban J connectivity index is 1.46. The van der Waals surface area contributed by atoms with Crippen molar-refractivity contribution in [2.24, 2.45) is 0 Å². The molecule has 0 saturated carbocycles. The molecule has 1 N–H and O–H groups in total. The van der Waals surface area contributed by atoms with Gasteiger partial charge in [0.25, 0.3) is 0 Å². The van der Waals surface area contributed by atoms with E-state index in [2.05, 4.69) is 4.98 Å². The molecule has 0 aliphatic heterocycles. The standard InChI is InChI=1S/C27H24F3NO4/c1-2-17-16-22(12-8-18(17)9-13-24(32)33)34-15-14-19-4-3-5-23-25(19)35-26(31-23)20-6-10-21(11-7-20)27(28,29)30/h3-8,10-12,16H,2,9,13-15H2,1H3,(H,32,33). The third kappa shape index (κ3) is 5.82. The molecule has 0 amide bonds. The van der Waals surface area contributed by atoms with E-state index in [1.807, 2.05) is 37.3 Å². The number of aromatic nitrogens is 1. The van der Waals surface area contributed by atoms with E-state index in [9.17, 15) is 18.0 Å². The minimum Gasteiger partial charge on any atom is -0.493 e. The number of carbonyl (C=O) groups is 1. The first-order valence-corrected chi connectivity index (χ1v) is 11.3. The Bertz CT molecular complexity index is 1330. The zero-order valence-corrected chi connectivity index (χ0v) is 19.1. The Kier molecular flexibility index (Phi) is 7.10. The van der Waals surface area contributed by atoms with Crippen LogP contribution in [0.4, 0.5) is 13.2 Å². The van der Waals surface area contributed by atoms with Crippen molar-refractivity contribution >= 4 is 17.1 Å². The second kappa shape index (κ2) is 10.2. The van der Waals surface area contributed by atoms with Gasteiger partial charge in [0, 0.05) is 24.0 Å². The summed E-state index contributed by atoms with van der Waals surface area (Å²) in [7, 11) is 0. The third-order valence-corrected chi connectivity index (χ3v) is 5.76. The average Bonchev–Trinajstić information content (AvgIpc) is 3.28. The molecule has 0 aliphatic rings. The zero-order valence-electron chi connectivity index (χ0n) is 19.1. The maximum absolute atomic E-state index is 12.8. The highest BCUT2D eigenvalue weighted by molar-refractivity contribution is 5.79. The first-order valence-electron chi connectivity index (χ1n) is 11.3. The molecule has 4 aromatic rings. The van der Waals surface area contributed by atoms with E-state index in [1.54, 1.807) is 6.07 Å². The fraction of sp³-hybridized carbons (Fsp3) is 0.259. The van der Waals surface area contributed by atoms with Crippen LogP contribution in [-0.4, -0.2) is 22.7 Å². The number of carboxylic acid groups (broad SMARTS) is 1. The van der Waals surface area contributed by atoms with E-state index in [0.29, 0.717) is 41.9 Å². The number of aryl methyl sites for hydroxylation is 2. The normalized spacial score (nSPS) is 11.7. The lowest BCUT2D eigenvalue weighted by atomic mass is 10.0. The lowest BCUT2D eigenvalue weighted by Crippen LogP contribution is -2.04. The highest BCUT2D eigenvalue weighted by Gasteiger charge is 2.30. The number of rotatable bonds is 9. The molecule has 3 aromatic carbocycles. The molecule has 0 radical (unpaired) electrons. The van der Waals surface area contributed by atoms with Gasteiger partial charge in [0.15, 0.2) is 5.58 Å². The van der Waals surface area contributed by atoms with Crippen molar-refractivity contribution in [1.82, 2.24) is 4.98 Å². The predicted octanol–water partition coefficient (Wildman–Crippen LogP) is 6.71. The number of para-hydroxylation sites is 1. The number of benzene rings is 3. The average molecular weight is 483 g/mol. The number of carboxylic acids is 1. The highest BCUT2D eigenvalue weighted by atomic mass is 19.4. The van der Waals surface area contributed by atoms with Crippen molar-refractivity contribution in [3.05, 3.63) is 82.9 Å². The van der Waals surface area contributed by atoms with Crippen LogP contribution in [0.5, 0.6) is 5.75 Å². The SMILES string of the molecule is CCc1cc(OCCc2cccc3nc(-c4ccc(C(F)(F)F)cc4)oc23)ccc1CCC(=O)O. The Labute approximate surface area is 200 Å². The van der Waals surface area contributed by atoms with E-state index < -0.39 is 17.7 Å². The van der Waals surface area contributed by atoms with Crippen molar-refractivity contribution in [3.8, 4) is 17.2 Å². The Morgan fingerprint density at radius 3 is 2.46 bits per heavy atom. The lowest BCUT2D eigenvalue weighted by Gasteiger charge is -2.11. The van der Waals surface area contributed by atoms with Gasteiger partial charge in [-0.1, -0.05) is 25.1 Å². The van der Waals surface area contributed by atoms with E-state index >= 15 is 0 Å². The number of alkyl halides is 3. The van der Waals surface area contributed by atoms with Gasteiger partial charge >= 0.3 is 12.1 Å². The van der Waals surface area contributed by atoms with Crippen LogP contribution in [0.3, 0.4) is 0 Å². The quantitative estimate of drug-likeness (QED) is 0.286. The summed E-state index contributed by atoms with van der Waals surface area (Å²) >= 11 is 0. The second-order valence-electron chi connectivity index (χ2n) is 8.14. The minimum absolute atomic E-state index is 0.0862. The van der Waals surface area contributed by atoms with Crippen LogP contribution in [0.2, 0.25) is 0 Å². The van der Waals surface area contributed by atoms with Crippen LogP contribution in [0.1, 0.15) is 35.6 Å². The third-order valence-electron chi connectivity index (χ3n) is 5.76. The number of aliphatic carboxylic acids is 1. The number of oxazole rings is 1. The Morgan fingerprint density at radius 2 is 1.77 bits per heavy atom.